The summed E-state index contributed by atoms with van der Waals surface area (Å²) < 4.78 is 0. The molecule has 0 spiro atoms. The van der Waals surface area contributed by atoms with Crippen LogP contribution in [-0.2, 0) is 0 Å². The number of aliphatic hydroxyl groups is 1. The molecule has 0 aliphatic heterocycles. The van der Waals surface area contributed by atoms with Crippen LogP contribution in [0.15, 0.2) is 24.3 Å². The van der Waals surface area contributed by atoms with Crippen molar-refractivity contribution in [3.8, 4) is 0 Å². The summed E-state index contributed by atoms with van der Waals surface area (Å²) in [4.78, 5) is 2.19. The Kier molecular flexibility index (Phi) is 5.63. The summed E-state index contributed by atoms with van der Waals surface area (Å²) in [7, 11) is 2.07. The molecular formula is C15H26N2O. The highest BCUT2D eigenvalue weighted by Crippen LogP contribution is 2.17. The number of rotatable bonds is 7. The van der Waals surface area contributed by atoms with Crippen LogP contribution >= 0.6 is 0 Å². The monoisotopic (exact) mass is 250 g/mol. The maximum Gasteiger partial charge on any atom is 0.0627 e. The Bertz CT molecular complexity index is 367. The summed E-state index contributed by atoms with van der Waals surface area (Å²) in [5, 5.41) is 13.0. The fourth-order valence-corrected chi connectivity index (χ4v) is 2.07. The second kappa shape index (κ2) is 6.76. The van der Waals surface area contributed by atoms with Gasteiger partial charge < -0.3 is 15.3 Å². The number of likely N-dealkylation sites (N-methyl/N-ethyl adjacent to an activating group) is 1. The van der Waals surface area contributed by atoms with Crippen LogP contribution < -0.4 is 10.2 Å². The third-order valence-corrected chi connectivity index (χ3v) is 3.18. The first-order valence-corrected chi connectivity index (χ1v) is 6.64. The third-order valence-electron chi connectivity index (χ3n) is 3.18. The number of benzene rings is 1. The van der Waals surface area contributed by atoms with Crippen molar-refractivity contribution in [1.82, 2.24) is 5.32 Å². The molecule has 1 unspecified atom stereocenters. The molecule has 0 fully saturated rings. The van der Waals surface area contributed by atoms with Gasteiger partial charge in [0.15, 0.2) is 0 Å². The lowest BCUT2D eigenvalue weighted by molar-refractivity contribution is 0.179. The first-order valence-electron chi connectivity index (χ1n) is 6.64. The molecule has 0 bridgehead atoms. The summed E-state index contributed by atoms with van der Waals surface area (Å²) in [6.45, 7) is 8.15. The Morgan fingerprint density at radius 3 is 2.67 bits per heavy atom. The van der Waals surface area contributed by atoms with Gasteiger partial charge in [0.25, 0.3) is 0 Å². The first kappa shape index (κ1) is 15.0. The van der Waals surface area contributed by atoms with Gasteiger partial charge in [-0.05, 0) is 44.5 Å². The van der Waals surface area contributed by atoms with Gasteiger partial charge in [0.05, 0.1) is 12.1 Å². The van der Waals surface area contributed by atoms with Crippen molar-refractivity contribution < 1.29 is 5.11 Å². The molecular weight excluding hydrogens is 224 g/mol. The molecule has 0 amide bonds. The van der Waals surface area contributed by atoms with Gasteiger partial charge >= 0.3 is 0 Å². The number of hydrogen-bond acceptors (Lipinski definition) is 3. The van der Waals surface area contributed by atoms with Crippen molar-refractivity contribution in [2.24, 2.45) is 0 Å². The van der Waals surface area contributed by atoms with Crippen molar-refractivity contribution >= 4 is 5.69 Å². The highest BCUT2D eigenvalue weighted by molar-refractivity contribution is 5.48. The third kappa shape index (κ3) is 4.31. The van der Waals surface area contributed by atoms with E-state index in [1.165, 1.54) is 11.3 Å². The second-order valence-electron chi connectivity index (χ2n) is 5.34. The number of nitrogens with one attached hydrogen (secondary N) is 1. The van der Waals surface area contributed by atoms with E-state index in [0.717, 1.165) is 19.5 Å². The van der Waals surface area contributed by atoms with Gasteiger partial charge in [-0.15, -0.1) is 0 Å². The maximum atomic E-state index is 9.57. The lowest BCUT2D eigenvalue weighted by atomic mass is 10.0. The maximum absolute atomic E-state index is 9.57. The molecule has 102 valence electrons. The van der Waals surface area contributed by atoms with E-state index in [1.54, 1.807) is 0 Å². The second-order valence-corrected chi connectivity index (χ2v) is 5.34. The van der Waals surface area contributed by atoms with Crippen LogP contribution in [0.2, 0.25) is 0 Å². The molecule has 1 aromatic rings. The molecule has 0 aliphatic rings. The average Bonchev–Trinajstić information content (AvgIpc) is 2.36. The fraction of sp³-hybridized carbons (Fsp3) is 0.600. The first-order chi connectivity index (χ1) is 8.50. The Hall–Kier alpha value is -1.06. The van der Waals surface area contributed by atoms with Crippen molar-refractivity contribution in [3.63, 3.8) is 0 Å². The van der Waals surface area contributed by atoms with E-state index >= 15 is 0 Å². The summed E-state index contributed by atoms with van der Waals surface area (Å²) in [5.41, 5.74) is 2.19. The number of anilines is 1. The average molecular weight is 250 g/mol. The van der Waals surface area contributed by atoms with Crippen LogP contribution in [0.4, 0.5) is 5.69 Å². The zero-order valence-corrected chi connectivity index (χ0v) is 12.0. The number of aryl methyl sites for hydroxylation is 1. The van der Waals surface area contributed by atoms with Gasteiger partial charge in [0.1, 0.15) is 0 Å². The minimum absolute atomic E-state index is 0.142. The zero-order chi connectivity index (χ0) is 13.6. The lowest BCUT2D eigenvalue weighted by Gasteiger charge is -2.34. The van der Waals surface area contributed by atoms with Gasteiger partial charge in [-0.2, -0.15) is 0 Å². The molecule has 0 aliphatic carbocycles. The largest absolute Gasteiger partial charge is 0.394 e. The SMILES string of the molecule is CCCNC(C)(CO)CN(C)c1cccc(C)c1. The van der Waals surface area contributed by atoms with Crippen molar-refractivity contribution in [2.75, 3.05) is 31.6 Å². The Morgan fingerprint density at radius 2 is 2.11 bits per heavy atom. The van der Waals surface area contributed by atoms with Crippen molar-refractivity contribution in [2.45, 2.75) is 32.7 Å². The van der Waals surface area contributed by atoms with Gasteiger partial charge in [-0.25, -0.2) is 0 Å². The topological polar surface area (TPSA) is 35.5 Å². The smallest absolute Gasteiger partial charge is 0.0627 e. The van der Waals surface area contributed by atoms with Crippen LogP contribution in [0, 0.1) is 6.92 Å². The fourth-order valence-electron chi connectivity index (χ4n) is 2.07. The van der Waals surface area contributed by atoms with Crippen molar-refractivity contribution in [3.05, 3.63) is 29.8 Å². The molecule has 1 rings (SSSR count). The van der Waals surface area contributed by atoms with Crippen LogP contribution in [-0.4, -0.2) is 37.4 Å². The minimum Gasteiger partial charge on any atom is -0.394 e. The van der Waals surface area contributed by atoms with Gasteiger partial charge in [0.2, 0.25) is 0 Å². The standard InChI is InChI=1S/C15H26N2O/c1-5-9-16-15(3,12-18)11-17(4)14-8-6-7-13(2)10-14/h6-8,10,16,18H,5,9,11-12H2,1-4H3. The molecule has 1 atom stereocenters. The summed E-state index contributed by atoms with van der Waals surface area (Å²) in [6.07, 6.45) is 1.07. The summed E-state index contributed by atoms with van der Waals surface area (Å²) >= 11 is 0. The summed E-state index contributed by atoms with van der Waals surface area (Å²) in [5.74, 6) is 0. The Balaban J connectivity index is 2.69. The molecule has 18 heavy (non-hydrogen) atoms. The van der Waals surface area contributed by atoms with E-state index in [4.69, 9.17) is 0 Å². The van der Waals surface area contributed by atoms with Gasteiger partial charge in [-0.1, -0.05) is 19.1 Å². The Morgan fingerprint density at radius 1 is 1.39 bits per heavy atom. The minimum atomic E-state index is -0.255. The molecule has 1 aromatic carbocycles. The number of aliphatic hydroxyl groups excluding tert-OH is 1. The van der Waals surface area contributed by atoms with E-state index in [1.807, 2.05) is 0 Å². The molecule has 0 heterocycles. The molecule has 0 saturated carbocycles. The number of hydrogen-bond donors (Lipinski definition) is 2. The molecule has 3 heteroatoms. The quantitative estimate of drug-likeness (QED) is 0.778. The van der Waals surface area contributed by atoms with E-state index in [2.05, 4.69) is 62.3 Å². The van der Waals surface area contributed by atoms with Crippen LogP contribution in [0.5, 0.6) is 0 Å². The predicted molar refractivity (Wildman–Crippen MR) is 78.2 cm³/mol. The Labute approximate surface area is 111 Å². The van der Waals surface area contributed by atoms with E-state index in [0.29, 0.717) is 0 Å². The number of nitrogens with zero attached hydrogens (tertiary/aromatic N) is 1. The van der Waals surface area contributed by atoms with Crippen LogP contribution in [0.1, 0.15) is 25.8 Å². The molecule has 3 nitrogen and oxygen atoms in total. The van der Waals surface area contributed by atoms with E-state index < -0.39 is 0 Å². The van der Waals surface area contributed by atoms with Crippen LogP contribution in [0.25, 0.3) is 0 Å². The highest BCUT2D eigenvalue weighted by atomic mass is 16.3. The van der Waals surface area contributed by atoms with Gasteiger partial charge in [0, 0.05) is 19.3 Å². The van der Waals surface area contributed by atoms with E-state index in [9.17, 15) is 5.11 Å². The highest BCUT2D eigenvalue weighted by Gasteiger charge is 2.24. The van der Waals surface area contributed by atoms with Gasteiger partial charge in [-0.3, -0.25) is 0 Å². The zero-order valence-electron chi connectivity index (χ0n) is 12.0. The molecule has 0 saturated heterocycles. The molecule has 0 aromatic heterocycles. The van der Waals surface area contributed by atoms with E-state index in [-0.39, 0.29) is 12.1 Å². The van der Waals surface area contributed by atoms with Crippen LogP contribution in [0.3, 0.4) is 0 Å². The predicted octanol–water partition coefficient (Wildman–Crippen LogP) is 2.18. The normalized spacial score (nSPS) is 14.3. The summed E-state index contributed by atoms with van der Waals surface area (Å²) in [6, 6.07) is 8.43. The lowest BCUT2D eigenvalue weighted by Crippen LogP contribution is -2.53. The van der Waals surface area contributed by atoms with Crippen molar-refractivity contribution in [1.29, 1.82) is 0 Å². The molecule has 2 N–H and O–H groups in total. The molecule has 0 radical (unpaired) electrons.